The fourth-order valence-corrected chi connectivity index (χ4v) is 2.00. The molecule has 1 saturated heterocycles. The molecule has 1 fully saturated rings. The van der Waals surface area contributed by atoms with Crippen molar-refractivity contribution in [2.45, 2.75) is 59.4 Å². The van der Waals surface area contributed by atoms with Gasteiger partial charge in [0.25, 0.3) is 0 Å². The first kappa shape index (κ1) is 15.0. The van der Waals surface area contributed by atoms with Crippen molar-refractivity contribution in [2.75, 3.05) is 13.1 Å². The minimum Gasteiger partial charge on any atom is -0.344 e. The van der Waals surface area contributed by atoms with E-state index in [1.807, 2.05) is 25.7 Å². The molecule has 0 aromatic rings. The summed E-state index contributed by atoms with van der Waals surface area (Å²) in [6.45, 7) is 9.23. The number of likely N-dealkylation sites (tertiary alicyclic amines) is 1. The summed E-state index contributed by atoms with van der Waals surface area (Å²) in [6, 6.07) is -0.415. The highest BCUT2D eigenvalue weighted by Gasteiger charge is 2.29. The highest BCUT2D eigenvalue weighted by atomic mass is 16.2. The van der Waals surface area contributed by atoms with E-state index in [9.17, 15) is 9.59 Å². The second-order valence-corrected chi connectivity index (χ2v) is 5.82. The number of hydrogen-bond acceptors (Lipinski definition) is 2. The Morgan fingerprint density at radius 2 is 1.78 bits per heavy atom. The van der Waals surface area contributed by atoms with Crippen molar-refractivity contribution in [3.63, 3.8) is 0 Å². The summed E-state index contributed by atoms with van der Waals surface area (Å²) in [5.74, 6) is 0.0119. The largest absolute Gasteiger partial charge is 0.344 e. The fraction of sp³-hybridized carbons (Fsp3) is 0.857. The minimum absolute atomic E-state index is 0.0390. The van der Waals surface area contributed by atoms with Crippen LogP contribution in [0.3, 0.4) is 0 Å². The summed E-state index contributed by atoms with van der Waals surface area (Å²) in [5, 5.41) is 2.84. The zero-order valence-corrected chi connectivity index (χ0v) is 12.1. The lowest BCUT2D eigenvalue weighted by Gasteiger charge is -2.31. The highest BCUT2D eigenvalue weighted by molar-refractivity contribution is 5.89. The van der Waals surface area contributed by atoms with Crippen molar-refractivity contribution in [2.24, 2.45) is 5.41 Å². The number of piperidine rings is 1. The van der Waals surface area contributed by atoms with Crippen LogP contribution >= 0.6 is 0 Å². The molecule has 4 heteroatoms. The molecule has 0 bridgehead atoms. The Balaban J connectivity index is 2.51. The molecule has 1 heterocycles. The van der Waals surface area contributed by atoms with Crippen LogP contribution in [-0.4, -0.2) is 35.8 Å². The molecule has 104 valence electrons. The molecule has 0 aromatic carbocycles. The Bertz CT molecular complexity index is 307. The first-order chi connectivity index (χ1) is 8.38. The lowest BCUT2D eigenvalue weighted by molar-refractivity contribution is -0.139. The topological polar surface area (TPSA) is 49.4 Å². The van der Waals surface area contributed by atoms with Crippen molar-refractivity contribution in [3.8, 4) is 0 Å². The molecule has 4 nitrogen and oxygen atoms in total. The van der Waals surface area contributed by atoms with E-state index in [0.717, 1.165) is 32.4 Å². The van der Waals surface area contributed by atoms with Crippen molar-refractivity contribution in [1.29, 1.82) is 0 Å². The number of carbonyl (C=O) groups excluding carboxylic acids is 2. The van der Waals surface area contributed by atoms with Gasteiger partial charge in [-0.05, 0) is 32.6 Å². The zero-order valence-electron chi connectivity index (χ0n) is 12.1. The van der Waals surface area contributed by atoms with Crippen LogP contribution in [0.2, 0.25) is 0 Å². The van der Waals surface area contributed by atoms with Crippen LogP contribution < -0.4 is 5.32 Å². The Morgan fingerprint density at radius 3 is 2.28 bits per heavy atom. The maximum absolute atomic E-state index is 12.2. The Labute approximate surface area is 110 Å². The number of amides is 2. The normalized spacial score (nSPS) is 18.3. The molecule has 1 N–H and O–H groups in total. The van der Waals surface area contributed by atoms with Gasteiger partial charge in [-0.2, -0.15) is 0 Å². The lowest BCUT2D eigenvalue weighted by atomic mass is 9.89. The number of carbonyl (C=O) groups is 2. The minimum atomic E-state index is -0.415. The molecule has 0 aromatic heterocycles. The maximum Gasteiger partial charge on any atom is 0.244 e. The van der Waals surface area contributed by atoms with Gasteiger partial charge >= 0.3 is 0 Å². The van der Waals surface area contributed by atoms with Crippen molar-refractivity contribution in [1.82, 2.24) is 10.2 Å². The quantitative estimate of drug-likeness (QED) is 0.833. The van der Waals surface area contributed by atoms with Gasteiger partial charge in [0, 0.05) is 18.5 Å². The van der Waals surface area contributed by atoms with Gasteiger partial charge in [0.2, 0.25) is 11.8 Å². The SMILES string of the molecule is CCC(C)(C)C(=O)NC(C)C(=O)N1CCCCC1. The molecule has 0 aliphatic carbocycles. The van der Waals surface area contributed by atoms with Crippen LogP contribution in [-0.2, 0) is 9.59 Å². The Hall–Kier alpha value is -1.06. The summed E-state index contributed by atoms with van der Waals surface area (Å²) in [5.41, 5.74) is -0.406. The molecule has 0 radical (unpaired) electrons. The van der Waals surface area contributed by atoms with E-state index in [2.05, 4.69) is 5.32 Å². The maximum atomic E-state index is 12.2. The molecule has 18 heavy (non-hydrogen) atoms. The molecule has 1 atom stereocenters. The zero-order chi connectivity index (χ0) is 13.8. The molecular formula is C14H26N2O2. The average molecular weight is 254 g/mol. The molecule has 0 saturated carbocycles. The van der Waals surface area contributed by atoms with Gasteiger partial charge in [0.05, 0.1) is 0 Å². The van der Waals surface area contributed by atoms with Crippen molar-refractivity contribution in [3.05, 3.63) is 0 Å². The molecule has 1 aliphatic heterocycles. The average Bonchev–Trinajstić information content (AvgIpc) is 2.38. The smallest absolute Gasteiger partial charge is 0.244 e. The summed E-state index contributed by atoms with van der Waals surface area (Å²) in [4.78, 5) is 26.0. The Kier molecular flexibility index (Phi) is 5.17. The van der Waals surface area contributed by atoms with E-state index in [4.69, 9.17) is 0 Å². The first-order valence-corrected chi connectivity index (χ1v) is 6.98. The van der Waals surface area contributed by atoms with Crippen LogP contribution in [0.4, 0.5) is 0 Å². The summed E-state index contributed by atoms with van der Waals surface area (Å²) in [7, 11) is 0. The van der Waals surface area contributed by atoms with Gasteiger partial charge in [0.15, 0.2) is 0 Å². The second kappa shape index (κ2) is 6.21. The number of hydrogen-bond donors (Lipinski definition) is 1. The highest BCUT2D eigenvalue weighted by Crippen LogP contribution is 2.20. The fourth-order valence-electron chi connectivity index (χ4n) is 2.00. The van der Waals surface area contributed by atoms with E-state index in [-0.39, 0.29) is 11.8 Å². The van der Waals surface area contributed by atoms with Crippen LogP contribution in [0.1, 0.15) is 53.4 Å². The molecule has 1 rings (SSSR count). The summed E-state index contributed by atoms with van der Waals surface area (Å²) in [6.07, 6.45) is 4.12. The third-order valence-corrected chi connectivity index (χ3v) is 3.88. The standard InChI is InChI=1S/C14H26N2O2/c1-5-14(3,4)13(18)15-11(2)12(17)16-9-7-6-8-10-16/h11H,5-10H2,1-4H3,(H,15,18). The van der Waals surface area contributed by atoms with Crippen LogP contribution in [0.25, 0.3) is 0 Å². The monoisotopic (exact) mass is 254 g/mol. The summed E-state index contributed by atoms with van der Waals surface area (Å²) < 4.78 is 0. The van der Waals surface area contributed by atoms with Crippen molar-refractivity contribution >= 4 is 11.8 Å². The molecule has 1 unspecified atom stereocenters. The second-order valence-electron chi connectivity index (χ2n) is 5.82. The van der Waals surface area contributed by atoms with E-state index >= 15 is 0 Å². The van der Waals surface area contributed by atoms with Gasteiger partial charge in [-0.15, -0.1) is 0 Å². The Morgan fingerprint density at radius 1 is 1.22 bits per heavy atom. The number of nitrogens with zero attached hydrogens (tertiary/aromatic N) is 1. The molecule has 1 aliphatic rings. The predicted molar refractivity (Wildman–Crippen MR) is 72.1 cm³/mol. The first-order valence-electron chi connectivity index (χ1n) is 6.98. The molecular weight excluding hydrogens is 228 g/mol. The van der Waals surface area contributed by atoms with Gasteiger partial charge in [0.1, 0.15) is 6.04 Å². The van der Waals surface area contributed by atoms with Crippen LogP contribution in [0.15, 0.2) is 0 Å². The predicted octanol–water partition coefficient (Wildman–Crippen LogP) is 1.94. The van der Waals surface area contributed by atoms with Gasteiger partial charge in [-0.1, -0.05) is 20.8 Å². The van der Waals surface area contributed by atoms with Crippen molar-refractivity contribution < 1.29 is 9.59 Å². The van der Waals surface area contributed by atoms with Crippen LogP contribution in [0, 0.1) is 5.41 Å². The number of nitrogens with one attached hydrogen (secondary N) is 1. The van der Waals surface area contributed by atoms with E-state index < -0.39 is 11.5 Å². The third-order valence-electron chi connectivity index (χ3n) is 3.88. The third kappa shape index (κ3) is 3.72. The summed E-state index contributed by atoms with van der Waals surface area (Å²) >= 11 is 0. The molecule has 0 spiro atoms. The van der Waals surface area contributed by atoms with E-state index in [0.29, 0.717) is 0 Å². The van der Waals surface area contributed by atoms with Gasteiger partial charge < -0.3 is 10.2 Å². The van der Waals surface area contributed by atoms with E-state index in [1.54, 1.807) is 6.92 Å². The molecule has 2 amide bonds. The van der Waals surface area contributed by atoms with Gasteiger partial charge in [-0.3, -0.25) is 9.59 Å². The lowest BCUT2D eigenvalue weighted by Crippen LogP contribution is -2.51. The van der Waals surface area contributed by atoms with Gasteiger partial charge in [-0.25, -0.2) is 0 Å². The van der Waals surface area contributed by atoms with Crippen LogP contribution in [0.5, 0.6) is 0 Å². The number of rotatable bonds is 4. The van der Waals surface area contributed by atoms with E-state index in [1.165, 1.54) is 6.42 Å².